The van der Waals surface area contributed by atoms with Crippen molar-refractivity contribution in [1.82, 2.24) is 0 Å². The summed E-state index contributed by atoms with van der Waals surface area (Å²) in [6, 6.07) is 0. The van der Waals surface area contributed by atoms with Crippen molar-refractivity contribution >= 4 is 29.8 Å². The fraction of sp³-hybridized carbons (Fsp3) is 0.855. The Morgan fingerprint density at radius 1 is 0.364 bits per heavy atom. The fourth-order valence-corrected chi connectivity index (χ4v) is 17.5. The maximum atomic E-state index is 13.2. The van der Waals surface area contributed by atoms with Crippen LogP contribution in [0.3, 0.4) is 0 Å². The van der Waals surface area contributed by atoms with Crippen molar-refractivity contribution in [3.63, 3.8) is 0 Å². The first kappa shape index (κ1) is 94.0. The number of carboxylic acids is 1. The molecule has 0 amide bonds. The molecule has 11 aliphatic rings. The molecule has 42 nitrogen and oxygen atoms in total. The molecule has 0 aromatic rings. The Morgan fingerprint density at radius 2 is 0.805 bits per heavy atom. The summed E-state index contributed by atoms with van der Waals surface area (Å²) >= 11 is 0. The molecule has 0 radical (unpaired) electrons. The molecule has 5 aliphatic carbocycles. The largest absolute Gasteiger partial charge is 0.481 e. The molecule has 41 atom stereocenters. The Kier molecular flexibility index (Phi) is 33.7. The summed E-state index contributed by atoms with van der Waals surface area (Å²) < 4.78 is 95.4. The number of methoxy groups -OCH3 is 1. The number of esters is 4. The molecule has 21 N–H and O–H groups in total. The van der Waals surface area contributed by atoms with E-state index in [2.05, 4.69) is 0 Å². The van der Waals surface area contributed by atoms with Crippen molar-refractivity contribution in [2.45, 2.75) is 343 Å². The number of aliphatic hydroxyl groups is 20. The fourth-order valence-electron chi connectivity index (χ4n) is 17.5. The predicted octanol–water partition coefficient (Wildman–Crippen LogP) is -8.13. The van der Waals surface area contributed by atoms with Crippen LogP contribution in [0.25, 0.3) is 0 Å². The van der Waals surface area contributed by atoms with Crippen LogP contribution in [0.4, 0.5) is 0 Å². The van der Waals surface area contributed by atoms with E-state index in [1.807, 2.05) is 0 Å². The zero-order chi connectivity index (χ0) is 85.4. The molecular formula is C76H116O42. The zero-order valence-electron chi connectivity index (χ0n) is 64.9. The highest BCUT2D eigenvalue weighted by Crippen LogP contribution is 2.47. The lowest BCUT2D eigenvalue weighted by Gasteiger charge is -2.53. The molecule has 41 unspecified atom stereocenters. The smallest absolute Gasteiger partial charge is 0.330 e. The second-order valence-electron chi connectivity index (χ2n) is 32.9. The Morgan fingerprint density at radius 3 is 1.31 bits per heavy atom. The number of carbonyl (C=O) groups is 5. The molecule has 6 aliphatic heterocycles. The van der Waals surface area contributed by atoms with Crippen LogP contribution in [-0.4, -0.2) is 404 Å². The first-order chi connectivity index (χ1) is 56.0. The van der Waals surface area contributed by atoms with Gasteiger partial charge in [0, 0.05) is 37.7 Å². The average Bonchev–Trinajstić information content (AvgIpc) is 0.770. The van der Waals surface area contributed by atoms with Crippen LogP contribution in [0, 0.1) is 29.6 Å². The van der Waals surface area contributed by atoms with Gasteiger partial charge in [-0.3, -0.25) is 9.59 Å². The van der Waals surface area contributed by atoms with Gasteiger partial charge in [-0.25, -0.2) is 14.4 Å². The van der Waals surface area contributed by atoms with Crippen LogP contribution < -0.4 is 0 Å². The molecule has 5 saturated carbocycles. The second-order valence-corrected chi connectivity index (χ2v) is 32.9. The first-order valence-electron chi connectivity index (χ1n) is 40.3. The minimum Gasteiger partial charge on any atom is -0.481 e. The molecule has 42 heteroatoms. The Hall–Kier alpha value is -4.71. The quantitative estimate of drug-likeness (QED) is 0.0150. The van der Waals surface area contributed by atoms with Crippen LogP contribution in [0.15, 0.2) is 36.5 Å². The lowest BCUT2D eigenvalue weighted by Crippen LogP contribution is -2.65. The minimum atomic E-state index is -2.20. The van der Waals surface area contributed by atoms with E-state index >= 15 is 0 Å². The molecule has 0 spiro atoms. The molecule has 0 aromatic heterocycles. The minimum absolute atomic E-state index is 0.0237. The van der Waals surface area contributed by atoms with E-state index in [-0.39, 0.29) is 49.9 Å². The van der Waals surface area contributed by atoms with Crippen molar-refractivity contribution in [2.75, 3.05) is 33.5 Å². The van der Waals surface area contributed by atoms with Gasteiger partial charge < -0.3 is 183 Å². The number of ether oxygens (including phenoxy) is 16. The number of aliphatic carboxylic acids is 1. The van der Waals surface area contributed by atoms with Crippen LogP contribution in [-0.2, 0) is 99.8 Å². The molecule has 6 heterocycles. The summed E-state index contributed by atoms with van der Waals surface area (Å²) in [5.74, 6) is -8.47. The van der Waals surface area contributed by atoms with Crippen molar-refractivity contribution in [3.8, 4) is 0 Å². The zero-order valence-corrected chi connectivity index (χ0v) is 64.9. The molecule has 0 aromatic carbocycles. The van der Waals surface area contributed by atoms with Crippen LogP contribution in [0.1, 0.15) is 110 Å². The van der Waals surface area contributed by atoms with Gasteiger partial charge in [-0.05, 0) is 120 Å². The highest BCUT2D eigenvalue weighted by molar-refractivity contribution is 5.90. The summed E-state index contributed by atoms with van der Waals surface area (Å²) in [5, 5.41) is 234. The molecule has 11 fully saturated rings. The molecule has 0 bridgehead atoms. The van der Waals surface area contributed by atoms with Gasteiger partial charge in [0.1, 0.15) is 142 Å². The van der Waals surface area contributed by atoms with E-state index in [4.69, 9.17) is 80.9 Å². The van der Waals surface area contributed by atoms with Gasteiger partial charge in [-0.15, -0.1) is 0 Å². The monoisotopic (exact) mass is 1700 g/mol. The van der Waals surface area contributed by atoms with E-state index in [0.29, 0.717) is 51.4 Å². The average molecular weight is 1700 g/mol. The van der Waals surface area contributed by atoms with Gasteiger partial charge >= 0.3 is 29.8 Å². The van der Waals surface area contributed by atoms with Gasteiger partial charge in [-0.1, -0.05) is 18.2 Å². The molecule has 6 saturated heterocycles. The van der Waals surface area contributed by atoms with Crippen molar-refractivity contribution in [1.29, 1.82) is 0 Å². The number of carboxylic acid groups (broad SMARTS) is 1. The van der Waals surface area contributed by atoms with Crippen LogP contribution in [0.5, 0.6) is 0 Å². The lowest BCUT2D eigenvalue weighted by atomic mass is 9.71. The van der Waals surface area contributed by atoms with Crippen molar-refractivity contribution in [3.05, 3.63) is 36.5 Å². The third kappa shape index (κ3) is 23.4. The van der Waals surface area contributed by atoms with Gasteiger partial charge in [0.25, 0.3) is 0 Å². The summed E-state index contributed by atoms with van der Waals surface area (Å²) in [6.45, 7) is -1.85. The number of carbonyl (C=O) groups excluding carboxylic acids is 4. The molecular weight excluding hydrogens is 1580 g/mol. The number of fused-ring (bicyclic) bond motifs is 1. The normalized spacial score (nSPS) is 47.3. The molecule has 672 valence electrons. The van der Waals surface area contributed by atoms with Crippen LogP contribution in [0.2, 0.25) is 0 Å². The van der Waals surface area contributed by atoms with E-state index in [1.54, 1.807) is 12.2 Å². The van der Waals surface area contributed by atoms with Crippen LogP contribution >= 0.6 is 0 Å². The van der Waals surface area contributed by atoms with Gasteiger partial charge in [-0.2, -0.15) is 0 Å². The van der Waals surface area contributed by atoms with Gasteiger partial charge in [0.05, 0.1) is 86.0 Å². The summed E-state index contributed by atoms with van der Waals surface area (Å²) in [5.41, 5.74) is 0. The van der Waals surface area contributed by atoms with E-state index < -0.39 is 320 Å². The number of rotatable bonds is 28. The summed E-state index contributed by atoms with van der Waals surface area (Å²) in [6.07, 6.45) is -54.9. The third-order valence-corrected chi connectivity index (χ3v) is 24.5. The molecule has 118 heavy (non-hydrogen) atoms. The Bertz CT molecular complexity index is 3310. The molecule has 11 rings (SSSR count). The number of aliphatic hydroxyl groups excluding tert-OH is 20. The Balaban J connectivity index is 0.874. The van der Waals surface area contributed by atoms with Crippen molar-refractivity contribution < 1.29 is 207 Å². The lowest BCUT2D eigenvalue weighted by molar-refractivity contribution is -0.357. The number of hydrogen-bond donors (Lipinski definition) is 21. The summed E-state index contributed by atoms with van der Waals surface area (Å²) in [7, 11) is 1.44. The maximum Gasteiger partial charge on any atom is 0.330 e. The maximum absolute atomic E-state index is 13.2. The highest BCUT2D eigenvalue weighted by Gasteiger charge is 2.59. The van der Waals surface area contributed by atoms with E-state index in [9.17, 15) is 126 Å². The first-order valence-corrected chi connectivity index (χ1v) is 40.3. The van der Waals surface area contributed by atoms with Gasteiger partial charge in [0.15, 0.2) is 37.6 Å². The topological polar surface area (TPSA) is 658 Å². The summed E-state index contributed by atoms with van der Waals surface area (Å²) in [4.78, 5) is 62.9. The van der Waals surface area contributed by atoms with Gasteiger partial charge in [0.2, 0.25) is 0 Å². The Labute approximate surface area is 676 Å². The standard InChI is InChI=1S/C76H116O42/c1-29-70(118-53(86)16-7-30-3-10-34(77)11-4-30)64(97)69(102)72(108-29)107-28-49-59(92)63(96)68(101)76(117-49)113-45-23-36-40(21-35(78)22-41(36)110-73-65(98)60(93)58(91)48(114-73)27-106-54(87)24-50(82)83)109-71(45)33-19-43(111-74-66(99)61(94)56(89)46(115-74)25-104-51(84)14-8-31-5-12-37(79)39(81)17-31)55(88)44(20-33)112-75-67(100)62(95)57(90)47(116-75)26-105-52(85)15-9-32-6-13-38(80)42(18-32)103-2/h7-9,14-16,29-49,55-81,88-102H,3-6,10-13,17-28H2,1-2H3,(H,82,83). The second kappa shape index (κ2) is 42.3. The number of hydrogen-bond acceptors (Lipinski definition) is 41. The SMILES string of the molecule is COC1CC(C=CC(=O)OCC2OC(OC3CC(C4OC5CC(O)CC(OC6OC(COC(=O)CC(=O)O)C(O)C(O)C6O)C5CC4OC4OC(COC5OC(C)C(OC(=O)C=CC6CCC(O)CC6)C(O)C5O)C(O)C(O)C4O)CC(OC4OC(COC(=O)C=CC5CCC(O)C(O)C5)C(O)C(O)C4O)C3O)C(O)C(O)C2O)CCC1O. The predicted molar refractivity (Wildman–Crippen MR) is 383 cm³/mol. The third-order valence-electron chi connectivity index (χ3n) is 24.5. The van der Waals surface area contributed by atoms with Crippen molar-refractivity contribution in [2.24, 2.45) is 29.6 Å². The highest BCUT2D eigenvalue weighted by atomic mass is 16.8. The number of allylic oxidation sites excluding steroid dienone is 3. The van der Waals surface area contributed by atoms with E-state index in [0.717, 1.165) is 12.2 Å². The van der Waals surface area contributed by atoms with E-state index in [1.165, 1.54) is 26.2 Å².